The molecule has 3 nitrogen and oxygen atoms in total. The molecule has 98 valence electrons. The molecule has 0 aliphatic carbocycles. The van der Waals surface area contributed by atoms with Crippen LogP contribution in [-0.2, 0) is 4.79 Å². The van der Waals surface area contributed by atoms with Crippen molar-refractivity contribution in [1.29, 1.82) is 0 Å². The van der Waals surface area contributed by atoms with Gasteiger partial charge in [0.2, 0.25) is 0 Å². The Labute approximate surface area is 112 Å². The zero-order valence-corrected chi connectivity index (χ0v) is 11.7. The van der Waals surface area contributed by atoms with Gasteiger partial charge in [-0.15, -0.1) is 11.3 Å². The molecule has 0 spiro atoms. The normalized spacial score (nSPS) is 30.4. The number of hydrogen-bond acceptors (Lipinski definition) is 4. The molecule has 18 heavy (non-hydrogen) atoms. The molecule has 1 aromatic rings. The number of rotatable bonds is 3. The summed E-state index contributed by atoms with van der Waals surface area (Å²) in [4.78, 5) is 18.7. The summed E-state index contributed by atoms with van der Waals surface area (Å²) in [5, 5.41) is 3.27. The second-order valence-electron chi connectivity index (χ2n) is 5.65. The van der Waals surface area contributed by atoms with Gasteiger partial charge in [-0.2, -0.15) is 0 Å². The van der Waals surface area contributed by atoms with Crippen molar-refractivity contribution in [2.75, 3.05) is 6.54 Å². The van der Waals surface area contributed by atoms with Crippen LogP contribution in [0.5, 0.6) is 0 Å². The first-order chi connectivity index (χ1) is 8.74. The standard InChI is InChI=1S/C14H20N2OS/c1-10(14-15-5-6-18-14)9-16-11-3-2-4-12(16)8-13(17)7-11/h5-6,10-12H,2-4,7-9H2,1H3. The van der Waals surface area contributed by atoms with Crippen LogP contribution in [-0.4, -0.2) is 34.3 Å². The average Bonchev–Trinajstić information content (AvgIpc) is 2.83. The van der Waals surface area contributed by atoms with Crippen molar-refractivity contribution in [2.24, 2.45) is 0 Å². The van der Waals surface area contributed by atoms with E-state index in [0.29, 0.717) is 23.8 Å². The van der Waals surface area contributed by atoms with E-state index in [2.05, 4.69) is 16.8 Å². The largest absolute Gasteiger partial charge is 0.300 e. The van der Waals surface area contributed by atoms with Gasteiger partial charge in [0.15, 0.2) is 0 Å². The Morgan fingerprint density at radius 2 is 2.17 bits per heavy atom. The van der Waals surface area contributed by atoms with Crippen LogP contribution in [0.1, 0.15) is 50.0 Å². The van der Waals surface area contributed by atoms with Crippen molar-refractivity contribution in [3.8, 4) is 0 Å². The molecule has 0 N–H and O–H groups in total. The first-order valence-corrected chi connectivity index (χ1v) is 7.79. The summed E-state index contributed by atoms with van der Waals surface area (Å²) in [6.07, 6.45) is 7.14. The minimum Gasteiger partial charge on any atom is -0.300 e. The summed E-state index contributed by atoms with van der Waals surface area (Å²) >= 11 is 1.74. The molecule has 2 bridgehead atoms. The van der Waals surface area contributed by atoms with Crippen LogP contribution in [0, 0.1) is 0 Å². The summed E-state index contributed by atoms with van der Waals surface area (Å²) in [7, 11) is 0. The maximum Gasteiger partial charge on any atom is 0.136 e. The molecule has 4 heteroatoms. The first kappa shape index (κ1) is 12.3. The molecule has 1 aromatic heterocycles. The summed E-state index contributed by atoms with van der Waals surface area (Å²) < 4.78 is 0. The number of carbonyl (C=O) groups excluding carboxylic acids is 1. The minimum atomic E-state index is 0.475. The van der Waals surface area contributed by atoms with E-state index in [1.165, 1.54) is 24.3 Å². The van der Waals surface area contributed by atoms with Crippen molar-refractivity contribution < 1.29 is 4.79 Å². The van der Waals surface area contributed by atoms with E-state index in [-0.39, 0.29) is 0 Å². The van der Waals surface area contributed by atoms with E-state index >= 15 is 0 Å². The highest BCUT2D eigenvalue weighted by Crippen LogP contribution is 2.34. The van der Waals surface area contributed by atoms with E-state index in [1.54, 1.807) is 11.3 Å². The number of Topliss-reactive ketones (excluding diaryl/α,β-unsaturated/α-hetero) is 1. The molecule has 0 amide bonds. The molecule has 3 atom stereocenters. The lowest BCUT2D eigenvalue weighted by atomic mass is 9.83. The monoisotopic (exact) mass is 264 g/mol. The summed E-state index contributed by atoms with van der Waals surface area (Å²) in [6, 6.07) is 1.01. The van der Waals surface area contributed by atoms with Crippen LogP contribution in [0.25, 0.3) is 0 Å². The van der Waals surface area contributed by atoms with Gasteiger partial charge in [-0.25, -0.2) is 4.98 Å². The Bertz CT molecular complexity index is 401. The molecule has 2 aliphatic heterocycles. The Hall–Kier alpha value is -0.740. The molecular weight excluding hydrogens is 244 g/mol. The first-order valence-electron chi connectivity index (χ1n) is 6.91. The average molecular weight is 264 g/mol. The molecule has 3 heterocycles. The lowest BCUT2D eigenvalue weighted by Crippen LogP contribution is -2.53. The fourth-order valence-electron chi connectivity index (χ4n) is 3.44. The Kier molecular flexibility index (Phi) is 3.48. The van der Waals surface area contributed by atoms with Crippen LogP contribution in [0.2, 0.25) is 0 Å². The van der Waals surface area contributed by atoms with Crippen molar-refractivity contribution in [3.63, 3.8) is 0 Å². The zero-order chi connectivity index (χ0) is 12.5. The van der Waals surface area contributed by atoms with Gasteiger partial charge in [0, 0.05) is 49.0 Å². The number of nitrogens with zero attached hydrogens (tertiary/aromatic N) is 2. The van der Waals surface area contributed by atoms with Crippen molar-refractivity contribution in [1.82, 2.24) is 9.88 Å². The number of hydrogen-bond donors (Lipinski definition) is 0. The quantitative estimate of drug-likeness (QED) is 0.841. The lowest BCUT2D eigenvalue weighted by Gasteiger charge is -2.46. The molecule has 2 aliphatic rings. The third kappa shape index (κ3) is 2.36. The van der Waals surface area contributed by atoms with E-state index in [0.717, 1.165) is 19.4 Å². The Morgan fingerprint density at radius 3 is 2.78 bits per heavy atom. The highest BCUT2D eigenvalue weighted by molar-refractivity contribution is 7.09. The maximum absolute atomic E-state index is 11.7. The predicted molar refractivity (Wildman–Crippen MR) is 72.9 cm³/mol. The van der Waals surface area contributed by atoms with Gasteiger partial charge in [-0.1, -0.05) is 13.3 Å². The van der Waals surface area contributed by atoms with E-state index in [9.17, 15) is 4.79 Å². The van der Waals surface area contributed by atoms with E-state index < -0.39 is 0 Å². The van der Waals surface area contributed by atoms with Crippen LogP contribution >= 0.6 is 11.3 Å². The number of carbonyl (C=O) groups is 1. The van der Waals surface area contributed by atoms with Crippen LogP contribution in [0.3, 0.4) is 0 Å². The topological polar surface area (TPSA) is 33.2 Å². The maximum atomic E-state index is 11.7. The van der Waals surface area contributed by atoms with Crippen molar-refractivity contribution >= 4 is 17.1 Å². The highest BCUT2D eigenvalue weighted by Gasteiger charge is 2.38. The van der Waals surface area contributed by atoms with Gasteiger partial charge >= 0.3 is 0 Å². The molecule has 0 aromatic carbocycles. The van der Waals surface area contributed by atoms with Gasteiger partial charge in [-0.05, 0) is 12.8 Å². The highest BCUT2D eigenvalue weighted by atomic mass is 32.1. The number of thiazole rings is 1. The van der Waals surface area contributed by atoms with E-state index in [1.807, 2.05) is 11.6 Å². The smallest absolute Gasteiger partial charge is 0.136 e. The molecule has 3 unspecified atom stereocenters. The summed E-state index contributed by atoms with van der Waals surface area (Å²) in [6.45, 7) is 3.32. The molecular formula is C14H20N2OS. The number of aromatic nitrogens is 1. The van der Waals surface area contributed by atoms with Crippen LogP contribution in [0.4, 0.5) is 0 Å². The van der Waals surface area contributed by atoms with Gasteiger partial charge in [0.05, 0.1) is 5.01 Å². The van der Waals surface area contributed by atoms with Gasteiger partial charge < -0.3 is 0 Å². The minimum absolute atomic E-state index is 0.475. The zero-order valence-electron chi connectivity index (χ0n) is 10.8. The lowest BCUT2D eigenvalue weighted by molar-refractivity contribution is -0.127. The van der Waals surface area contributed by atoms with Gasteiger partial charge in [0.25, 0.3) is 0 Å². The third-order valence-electron chi connectivity index (χ3n) is 4.30. The van der Waals surface area contributed by atoms with Crippen molar-refractivity contribution in [2.45, 2.75) is 57.0 Å². The molecule has 0 radical (unpaired) electrons. The fourth-order valence-corrected chi connectivity index (χ4v) is 4.13. The number of piperidine rings is 2. The Balaban J connectivity index is 1.70. The molecule has 3 rings (SSSR count). The fraction of sp³-hybridized carbons (Fsp3) is 0.714. The second kappa shape index (κ2) is 5.10. The Morgan fingerprint density at radius 1 is 1.44 bits per heavy atom. The van der Waals surface area contributed by atoms with Gasteiger partial charge in [0.1, 0.15) is 5.78 Å². The van der Waals surface area contributed by atoms with E-state index in [4.69, 9.17) is 0 Å². The van der Waals surface area contributed by atoms with Crippen LogP contribution < -0.4 is 0 Å². The predicted octanol–water partition coefficient (Wildman–Crippen LogP) is 2.83. The second-order valence-corrected chi connectivity index (χ2v) is 6.58. The van der Waals surface area contributed by atoms with Gasteiger partial charge in [-0.3, -0.25) is 9.69 Å². The van der Waals surface area contributed by atoms with Crippen LogP contribution in [0.15, 0.2) is 11.6 Å². The third-order valence-corrected chi connectivity index (χ3v) is 5.30. The summed E-state index contributed by atoms with van der Waals surface area (Å²) in [5.74, 6) is 0.962. The number of ketones is 1. The number of fused-ring (bicyclic) bond motifs is 2. The molecule has 2 saturated heterocycles. The molecule has 0 saturated carbocycles. The summed E-state index contributed by atoms with van der Waals surface area (Å²) in [5.41, 5.74) is 0. The SMILES string of the molecule is CC(CN1C2CCCC1CC(=O)C2)c1nccs1. The van der Waals surface area contributed by atoms with Crippen molar-refractivity contribution in [3.05, 3.63) is 16.6 Å². The molecule has 2 fully saturated rings.